The lowest BCUT2D eigenvalue weighted by atomic mass is 10.1. The molecule has 1 aromatic heterocycles. The Balaban J connectivity index is 1.67. The first-order chi connectivity index (χ1) is 13.2. The first-order valence-corrected chi connectivity index (χ1v) is 9.08. The lowest BCUT2D eigenvalue weighted by Gasteiger charge is -2.15. The number of pyridine rings is 1. The minimum absolute atomic E-state index is 0.273. The molecule has 0 atom stereocenters. The number of benzene rings is 2. The first kappa shape index (κ1) is 17.5. The number of rotatable bonds is 7. The number of fused-ring (bicyclic) bond motifs is 1. The predicted octanol–water partition coefficient (Wildman–Crippen LogP) is 4.68. The fourth-order valence-corrected chi connectivity index (χ4v) is 3.00. The summed E-state index contributed by atoms with van der Waals surface area (Å²) in [6.45, 7) is 2.46. The lowest BCUT2D eigenvalue weighted by molar-refractivity contribution is 0.282. The van der Waals surface area contributed by atoms with Gasteiger partial charge in [0.25, 0.3) is 0 Å². The minimum Gasteiger partial charge on any atom is -0.497 e. The van der Waals surface area contributed by atoms with Crippen LogP contribution in [0, 0.1) is 6.92 Å². The van der Waals surface area contributed by atoms with Crippen LogP contribution >= 0.6 is 0 Å². The van der Waals surface area contributed by atoms with Crippen LogP contribution in [0.1, 0.15) is 24.0 Å². The molecule has 0 bridgehead atoms. The highest BCUT2D eigenvalue weighted by Gasteiger charge is 2.25. The lowest BCUT2D eigenvalue weighted by Crippen LogP contribution is -2.02. The summed E-state index contributed by atoms with van der Waals surface area (Å²) in [5.41, 5.74) is 2.89. The van der Waals surface area contributed by atoms with Gasteiger partial charge in [-0.15, -0.1) is 0 Å². The SMILES string of the molecule is COc1ccc(COc2cc(OC3CC3)nc3c(C)c(OC)ccc23)cc1. The van der Waals surface area contributed by atoms with E-state index in [1.54, 1.807) is 14.2 Å². The van der Waals surface area contributed by atoms with E-state index >= 15 is 0 Å². The van der Waals surface area contributed by atoms with Gasteiger partial charge in [0.1, 0.15) is 30.0 Å². The molecule has 3 aromatic rings. The molecule has 27 heavy (non-hydrogen) atoms. The van der Waals surface area contributed by atoms with E-state index in [2.05, 4.69) is 0 Å². The first-order valence-electron chi connectivity index (χ1n) is 9.08. The molecule has 0 spiro atoms. The third-order valence-electron chi connectivity index (χ3n) is 4.71. The second kappa shape index (κ2) is 7.35. The van der Waals surface area contributed by atoms with Crippen LogP contribution in [-0.4, -0.2) is 25.3 Å². The van der Waals surface area contributed by atoms with E-state index in [4.69, 9.17) is 23.9 Å². The molecule has 0 radical (unpaired) electrons. The number of nitrogens with zero attached hydrogens (tertiary/aromatic N) is 1. The van der Waals surface area contributed by atoms with Crippen molar-refractivity contribution in [1.29, 1.82) is 0 Å². The number of aromatic nitrogens is 1. The zero-order valence-corrected chi connectivity index (χ0v) is 15.8. The molecule has 1 saturated carbocycles. The summed E-state index contributed by atoms with van der Waals surface area (Å²) in [6, 6.07) is 13.7. The maximum atomic E-state index is 6.15. The van der Waals surface area contributed by atoms with Gasteiger partial charge >= 0.3 is 0 Å². The fourth-order valence-electron chi connectivity index (χ4n) is 3.00. The molecule has 0 aliphatic heterocycles. The average Bonchev–Trinajstić information content (AvgIpc) is 3.51. The fraction of sp³-hybridized carbons (Fsp3) is 0.318. The van der Waals surface area contributed by atoms with Crippen LogP contribution in [0.4, 0.5) is 0 Å². The predicted molar refractivity (Wildman–Crippen MR) is 104 cm³/mol. The summed E-state index contributed by atoms with van der Waals surface area (Å²) in [4.78, 5) is 4.70. The Morgan fingerprint density at radius 3 is 2.41 bits per heavy atom. The maximum Gasteiger partial charge on any atom is 0.217 e. The van der Waals surface area contributed by atoms with E-state index in [0.29, 0.717) is 12.5 Å². The third-order valence-corrected chi connectivity index (χ3v) is 4.71. The van der Waals surface area contributed by atoms with Crippen molar-refractivity contribution >= 4 is 10.9 Å². The molecule has 1 aliphatic rings. The van der Waals surface area contributed by atoms with Gasteiger partial charge in [0.2, 0.25) is 5.88 Å². The second-order valence-electron chi connectivity index (χ2n) is 6.70. The number of aryl methyl sites for hydroxylation is 1. The molecule has 0 N–H and O–H groups in total. The molecule has 1 heterocycles. The molecule has 2 aromatic carbocycles. The zero-order valence-electron chi connectivity index (χ0n) is 15.8. The summed E-state index contributed by atoms with van der Waals surface area (Å²) in [5.74, 6) is 3.00. The van der Waals surface area contributed by atoms with Gasteiger partial charge in [-0.2, -0.15) is 0 Å². The quantitative estimate of drug-likeness (QED) is 0.608. The van der Waals surface area contributed by atoms with Crippen molar-refractivity contribution in [1.82, 2.24) is 4.98 Å². The van der Waals surface area contributed by atoms with Crippen LogP contribution in [0.25, 0.3) is 10.9 Å². The van der Waals surface area contributed by atoms with Gasteiger partial charge in [-0.3, -0.25) is 0 Å². The van der Waals surface area contributed by atoms with Crippen molar-refractivity contribution < 1.29 is 18.9 Å². The number of ether oxygens (including phenoxy) is 4. The Bertz CT molecular complexity index is 949. The van der Waals surface area contributed by atoms with Gasteiger partial charge in [-0.1, -0.05) is 12.1 Å². The monoisotopic (exact) mass is 365 g/mol. The van der Waals surface area contributed by atoms with Gasteiger partial charge in [0.05, 0.1) is 19.7 Å². The van der Waals surface area contributed by atoms with Crippen molar-refractivity contribution in [3.63, 3.8) is 0 Å². The molecule has 5 nitrogen and oxygen atoms in total. The van der Waals surface area contributed by atoms with Crippen LogP contribution in [0.2, 0.25) is 0 Å². The largest absolute Gasteiger partial charge is 0.497 e. The number of methoxy groups -OCH3 is 2. The Labute approximate surface area is 158 Å². The molecule has 5 heteroatoms. The standard InChI is InChI=1S/C22H23NO4/c1-14-19(25-3)11-10-18-20(12-21(23-22(14)18)27-17-8-9-17)26-13-15-4-6-16(24-2)7-5-15/h4-7,10-12,17H,8-9,13H2,1-3H3. The summed E-state index contributed by atoms with van der Waals surface area (Å²) in [7, 11) is 3.33. The minimum atomic E-state index is 0.273. The van der Waals surface area contributed by atoms with Crippen LogP contribution in [0.15, 0.2) is 42.5 Å². The van der Waals surface area contributed by atoms with Crippen molar-refractivity contribution in [3.8, 4) is 23.1 Å². The molecule has 1 aliphatic carbocycles. The van der Waals surface area contributed by atoms with E-state index < -0.39 is 0 Å². The van der Waals surface area contributed by atoms with Crippen LogP contribution in [0.5, 0.6) is 23.1 Å². The van der Waals surface area contributed by atoms with Crippen LogP contribution in [-0.2, 0) is 6.61 Å². The highest BCUT2D eigenvalue weighted by atomic mass is 16.5. The van der Waals surface area contributed by atoms with Crippen LogP contribution < -0.4 is 18.9 Å². The Hall–Kier alpha value is -2.95. The number of hydrogen-bond donors (Lipinski definition) is 0. The maximum absolute atomic E-state index is 6.15. The Morgan fingerprint density at radius 1 is 0.963 bits per heavy atom. The van der Waals surface area contributed by atoms with E-state index in [1.165, 1.54) is 0 Å². The third kappa shape index (κ3) is 3.77. The van der Waals surface area contributed by atoms with Gasteiger partial charge in [-0.05, 0) is 49.6 Å². The summed E-state index contributed by atoms with van der Waals surface area (Å²) in [5, 5.41) is 0.949. The van der Waals surface area contributed by atoms with E-state index in [1.807, 2.05) is 49.4 Å². The molecular formula is C22H23NO4. The van der Waals surface area contributed by atoms with Crippen molar-refractivity contribution in [2.75, 3.05) is 14.2 Å². The van der Waals surface area contributed by atoms with Crippen molar-refractivity contribution in [2.45, 2.75) is 32.5 Å². The normalized spacial score (nSPS) is 13.4. The van der Waals surface area contributed by atoms with Crippen LogP contribution in [0.3, 0.4) is 0 Å². The Kier molecular flexibility index (Phi) is 4.75. The van der Waals surface area contributed by atoms with Gasteiger partial charge in [0.15, 0.2) is 0 Å². The molecule has 0 saturated heterocycles. The van der Waals surface area contributed by atoms with E-state index in [-0.39, 0.29) is 6.10 Å². The zero-order chi connectivity index (χ0) is 18.8. The molecule has 4 rings (SSSR count). The van der Waals surface area contributed by atoms with E-state index in [9.17, 15) is 0 Å². The van der Waals surface area contributed by atoms with Crippen molar-refractivity contribution in [2.24, 2.45) is 0 Å². The van der Waals surface area contributed by atoms with Gasteiger partial charge in [0, 0.05) is 17.0 Å². The molecular weight excluding hydrogens is 342 g/mol. The average molecular weight is 365 g/mol. The highest BCUT2D eigenvalue weighted by Crippen LogP contribution is 2.36. The Morgan fingerprint density at radius 2 is 1.74 bits per heavy atom. The summed E-state index contributed by atoms with van der Waals surface area (Å²) in [6.07, 6.45) is 2.44. The smallest absolute Gasteiger partial charge is 0.217 e. The molecule has 0 amide bonds. The summed E-state index contributed by atoms with van der Waals surface area (Å²) < 4.78 is 22.7. The van der Waals surface area contributed by atoms with Gasteiger partial charge < -0.3 is 18.9 Å². The highest BCUT2D eigenvalue weighted by molar-refractivity contribution is 5.89. The van der Waals surface area contributed by atoms with E-state index in [0.717, 1.165) is 52.1 Å². The van der Waals surface area contributed by atoms with Crippen molar-refractivity contribution in [3.05, 3.63) is 53.6 Å². The second-order valence-corrected chi connectivity index (χ2v) is 6.70. The van der Waals surface area contributed by atoms with Gasteiger partial charge in [-0.25, -0.2) is 4.98 Å². The molecule has 0 unspecified atom stereocenters. The molecule has 140 valence electrons. The number of hydrogen-bond acceptors (Lipinski definition) is 5. The topological polar surface area (TPSA) is 49.8 Å². The molecule has 1 fully saturated rings. The summed E-state index contributed by atoms with van der Waals surface area (Å²) >= 11 is 0.